The zero-order chi connectivity index (χ0) is 12.6. The van der Waals surface area contributed by atoms with Crippen molar-refractivity contribution in [3.05, 3.63) is 41.0 Å². The van der Waals surface area contributed by atoms with Crippen molar-refractivity contribution >= 4 is 11.8 Å². The molecule has 2 heteroatoms. The molecule has 0 spiro atoms. The van der Waals surface area contributed by atoms with Gasteiger partial charge >= 0.3 is 0 Å². The Labute approximate surface area is 97.7 Å². The third kappa shape index (κ3) is 4.10. The quantitative estimate of drug-likeness (QED) is 0.746. The lowest BCUT2D eigenvalue weighted by atomic mass is 9.99. The minimum Gasteiger partial charge on any atom is -0.308 e. The molecule has 1 rings (SSSR count). The van der Waals surface area contributed by atoms with E-state index >= 15 is 0 Å². The normalized spacial score (nSPS) is 9.81. The Balaban J connectivity index is 0.000000673. The Morgan fingerprint density at radius 1 is 1.38 bits per heavy atom. The molecule has 0 atom stereocenters. The lowest BCUT2D eigenvalue weighted by Crippen LogP contribution is -1.90. The number of nitrogens with zero attached hydrogens (tertiary/aromatic N) is 1. The summed E-state index contributed by atoms with van der Waals surface area (Å²) in [5, 5.41) is 14.6. The topological polar surface area (TPSA) is 47.6 Å². The van der Waals surface area contributed by atoms with Gasteiger partial charge in [0, 0.05) is 13.1 Å². The van der Waals surface area contributed by atoms with Gasteiger partial charge in [-0.2, -0.15) is 5.26 Å². The molecule has 84 valence electrons. The summed E-state index contributed by atoms with van der Waals surface area (Å²) in [7, 11) is 0. The lowest BCUT2D eigenvalue weighted by Gasteiger charge is -2.06. The molecule has 0 saturated carbocycles. The number of nitriles is 1. The van der Waals surface area contributed by atoms with E-state index in [1.807, 2.05) is 13.0 Å². The Bertz CT molecular complexity index is 423. The van der Waals surface area contributed by atoms with Gasteiger partial charge in [0.05, 0.1) is 6.07 Å². The first-order valence-electron chi connectivity index (χ1n) is 5.16. The van der Waals surface area contributed by atoms with Gasteiger partial charge in [-0.1, -0.05) is 29.8 Å². The van der Waals surface area contributed by atoms with Crippen LogP contribution in [0.5, 0.6) is 0 Å². The third-order valence-corrected chi connectivity index (χ3v) is 2.16. The molecule has 0 fully saturated rings. The fraction of sp³-hybridized carbons (Fsp3) is 0.286. The summed E-state index contributed by atoms with van der Waals surface area (Å²) in [5.41, 5.74) is 4.64. The van der Waals surface area contributed by atoms with Crippen molar-refractivity contribution in [1.29, 1.82) is 10.7 Å². The zero-order valence-corrected chi connectivity index (χ0v) is 10.3. The van der Waals surface area contributed by atoms with Gasteiger partial charge in [0.15, 0.2) is 0 Å². The summed E-state index contributed by atoms with van der Waals surface area (Å²) < 4.78 is 0. The number of benzene rings is 1. The number of nitrogens with one attached hydrogen (secondary N) is 1. The molecule has 2 nitrogen and oxygen atoms in total. The smallest absolute Gasteiger partial charge is 0.0587 e. The summed E-state index contributed by atoms with van der Waals surface area (Å²) >= 11 is 0. The maximum absolute atomic E-state index is 7.32. The second-order valence-corrected chi connectivity index (χ2v) is 3.43. The molecular weight excluding hydrogens is 196 g/mol. The number of allylic oxidation sites excluding steroid dienone is 2. The van der Waals surface area contributed by atoms with Crippen molar-refractivity contribution in [1.82, 2.24) is 0 Å². The maximum atomic E-state index is 7.32. The van der Waals surface area contributed by atoms with Crippen molar-refractivity contribution in [2.75, 3.05) is 0 Å². The molecule has 0 radical (unpaired) electrons. The average molecular weight is 214 g/mol. The van der Waals surface area contributed by atoms with E-state index in [1.54, 1.807) is 6.07 Å². The fourth-order valence-electron chi connectivity index (χ4n) is 1.45. The molecule has 0 aliphatic rings. The van der Waals surface area contributed by atoms with E-state index in [1.165, 1.54) is 24.3 Å². The molecule has 0 aromatic heterocycles. The van der Waals surface area contributed by atoms with Crippen molar-refractivity contribution in [2.24, 2.45) is 0 Å². The Hall–Kier alpha value is -1.88. The van der Waals surface area contributed by atoms with Crippen molar-refractivity contribution in [3.8, 4) is 6.07 Å². The van der Waals surface area contributed by atoms with Crippen LogP contribution in [0.4, 0.5) is 0 Å². The molecule has 0 amide bonds. The molecule has 0 heterocycles. The number of rotatable bonds is 2. The zero-order valence-electron chi connectivity index (χ0n) is 10.3. The van der Waals surface area contributed by atoms with E-state index in [2.05, 4.69) is 32.0 Å². The minimum absolute atomic E-state index is 0.984. The molecule has 0 aliphatic carbocycles. The largest absolute Gasteiger partial charge is 0.308 e. The molecule has 0 saturated heterocycles. The Kier molecular flexibility index (Phi) is 6.55. The van der Waals surface area contributed by atoms with Gasteiger partial charge in [-0.25, -0.2) is 0 Å². The monoisotopic (exact) mass is 214 g/mol. The molecule has 16 heavy (non-hydrogen) atoms. The van der Waals surface area contributed by atoms with E-state index in [-0.39, 0.29) is 0 Å². The summed E-state index contributed by atoms with van der Waals surface area (Å²) in [4.78, 5) is 0. The summed E-state index contributed by atoms with van der Waals surface area (Å²) in [5.74, 6) is 0. The van der Waals surface area contributed by atoms with Crippen LogP contribution >= 0.6 is 0 Å². The first-order chi connectivity index (χ1) is 7.60. The van der Waals surface area contributed by atoms with Gasteiger partial charge < -0.3 is 5.41 Å². The van der Waals surface area contributed by atoms with Gasteiger partial charge in [0.1, 0.15) is 0 Å². The summed E-state index contributed by atoms with van der Waals surface area (Å²) in [6.07, 6.45) is 3.36. The predicted octanol–water partition coefficient (Wildman–Crippen LogP) is 3.89. The van der Waals surface area contributed by atoms with Crippen LogP contribution in [-0.2, 0) is 0 Å². The van der Waals surface area contributed by atoms with E-state index in [4.69, 9.17) is 10.7 Å². The van der Waals surface area contributed by atoms with Crippen LogP contribution in [0.1, 0.15) is 30.5 Å². The van der Waals surface area contributed by atoms with Gasteiger partial charge in [0.2, 0.25) is 0 Å². The van der Waals surface area contributed by atoms with Crippen LogP contribution in [0.25, 0.3) is 5.57 Å². The number of hydrogen-bond acceptors (Lipinski definition) is 2. The third-order valence-electron chi connectivity index (χ3n) is 2.16. The van der Waals surface area contributed by atoms with Crippen LogP contribution in [0.3, 0.4) is 0 Å². The van der Waals surface area contributed by atoms with E-state index < -0.39 is 0 Å². The SMILES string of the molecule is C/C=C(\C=N)c1ccc(C)cc1C.CC#N. The number of hydrogen-bond donors (Lipinski definition) is 1. The van der Waals surface area contributed by atoms with E-state index in [0.717, 1.165) is 11.1 Å². The highest BCUT2D eigenvalue weighted by atomic mass is 14.3. The summed E-state index contributed by atoms with van der Waals surface area (Å²) in [6, 6.07) is 8.04. The minimum atomic E-state index is 0.984. The second kappa shape index (κ2) is 7.42. The van der Waals surface area contributed by atoms with Crippen molar-refractivity contribution in [3.63, 3.8) is 0 Å². The van der Waals surface area contributed by atoms with Gasteiger partial charge in [-0.05, 0) is 37.5 Å². The first kappa shape index (κ1) is 14.1. The van der Waals surface area contributed by atoms with Crippen molar-refractivity contribution < 1.29 is 0 Å². The van der Waals surface area contributed by atoms with Crippen molar-refractivity contribution in [2.45, 2.75) is 27.7 Å². The molecule has 0 bridgehead atoms. The molecule has 0 unspecified atom stereocenters. The van der Waals surface area contributed by atoms with Gasteiger partial charge in [-0.3, -0.25) is 0 Å². The highest BCUT2D eigenvalue weighted by Gasteiger charge is 2.00. The van der Waals surface area contributed by atoms with E-state index in [0.29, 0.717) is 0 Å². The van der Waals surface area contributed by atoms with Crippen LogP contribution in [0, 0.1) is 30.6 Å². The molecular formula is C14H18N2. The molecule has 0 aliphatic heterocycles. The van der Waals surface area contributed by atoms with Gasteiger partial charge in [-0.15, -0.1) is 0 Å². The molecule has 1 aromatic rings. The number of aryl methyl sites for hydroxylation is 2. The van der Waals surface area contributed by atoms with Crippen LogP contribution in [0.2, 0.25) is 0 Å². The second-order valence-electron chi connectivity index (χ2n) is 3.43. The fourth-order valence-corrected chi connectivity index (χ4v) is 1.45. The first-order valence-corrected chi connectivity index (χ1v) is 5.16. The van der Waals surface area contributed by atoms with Crippen LogP contribution in [-0.4, -0.2) is 6.21 Å². The standard InChI is InChI=1S/C12H15N.C2H3N/c1-4-11(8-13)12-6-5-9(2)7-10(12)3;1-2-3/h4-8,13H,1-3H3;1H3/b11-4+,13-8?;. The Morgan fingerprint density at radius 3 is 2.31 bits per heavy atom. The predicted molar refractivity (Wildman–Crippen MR) is 69.6 cm³/mol. The Morgan fingerprint density at radius 2 is 1.94 bits per heavy atom. The maximum Gasteiger partial charge on any atom is 0.0587 e. The molecule has 1 aromatic carbocycles. The van der Waals surface area contributed by atoms with Crippen LogP contribution in [0.15, 0.2) is 24.3 Å². The van der Waals surface area contributed by atoms with Gasteiger partial charge in [0.25, 0.3) is 0 Å². The highest BCUT2D eigenvalue weighted by molar-refractivity contribution is 6.08. The van der Waals surface area contributed by atoms with E-state index in [9.17, 15) is 0 Å². The average Bonchev–Trinajstić information content (AvgIpc) is 2.24. The summed E-state index contributed by atoms with van der Waals surface area (Å²) in [6.45, 7) is 7.55. The van der Waals surface area contributed by atoms with Crippen LogP contribution < -0.4 is 0 Å². The lowest BCUT2D eigenvalue weighted by molar-refractivity contribution is 1.36. The molecule has 1 N–H and O–H groups in total. The highest BCUT2D eigenvalue weighted by Crippen LogP contribution is 2.18.